The van der Waals surface area contributed by atoms with Crippen molar-refractivity contribution in [3.8, 4) is 11.1 Å². The van der Waals surface area contributed by atoms with Gasteiger partial charge in [-0.25, -0.2) is 9.31 Å². The molecule has 0 aliphatic carbocycles. The molecule has 1 fully saturated rings. The van der Waals surface area contributed by atoms with Gasteiger partial charge in [0.2, 0.25) is 0 Å². The quantitative estimate of drug-likeness (QED) is 0.719. The Morgan fingerprint density at radius 2 is 1.86 bits per heavy atom. The van der Waals surface area contributed by atoms with Gasteiger partial charge in [0, 0.05) is 49.7 Å². The number of nitrogens with zero attached hydrogens (tertiary/aromatic N) is 6. The van der Waals surface area contributed by atoms with Crippen molar-refractivity contribution < 1.29 is 9.90 Å². The Balaban J connectivity index is 1.70. The molecular formula is C21H28N6O2. The van der Waals surface area contributed by atoms with E-state index in [0.29, 0.717) is 13.1 Å². The minimum Gasteiger partial charge on any atom is -0.465 e. The number of carbonyl (C=O) groups is 1. The van der Waals surface area contributed by atoms with Crippen LogP contribution in [0.4, 0.5) is 10.5 Å². The zero-order valence-corrected chi connectivity index (χ0v) is 17.6. The first-order valence-corrected chi connectivity index (χ1v) is 9.89. The molecule has 2 atom stereocenters. The Morgan fingerprint density at radius 3 is 2.48 bits per heavy atom. The summed E-state index contributed by atoms with van der Waals surface area (Å²) in [6.07, 6.45) is 6.86. The lowest BCUT2D eigenvalue weighted by Gasteiger charge is -2.51. The van der Waals surface area contributed by atoms with Gasteiger partial charge >= 0.3 is 6.09 Å². The van der Waals surface area contributed by atoms with Crippen LogP contribution in [0.2, 0.25) is 0 Å². The molecule has 1 amide bonds. The van der Waals surface area contributed by atoms with Crippen molar-refractivity contribution in [1.82, 2.24) is 24.3 Å². The highest BCUT2D eigenvalue weighted by atomic mass is 16.4. The van der Waals surface area contributed by atoms with Crippen molar-refractivity contribution in [3.63, 3.8) is 0 Å². The molecule has 1 N–H and O–H groups in total. The van der Waals surface area contributed by atoms with Crippen LogP contribution in [0.1, 0.15) is 27.7 Å². The number of aromatic nitrogens is 4. The zero-order valence-electron chi connectivity index (χ0n) is 17.6. The SMILES string of the molecule is CC1C(C(C)(C)C)N(C(=O)O)CCN1c1cnn2cc(-c3cnn(C)c3)ccc12. The largest absolute Gasteiger partial charge is 0.465 e. The van der Waals surface area contributed by atoms with Crippen molar-refractivity contribution in [3.05, 3.63) is 36.9 Å². The van der Waals surface area contributed by atoms with E-state index >= 15 is 0 Å². The van der Waals surface area contributed by atoms with Gasteiger partial charge in [0.1, 0.15) is 0 Å². The second-order valence-electron chi connectivity index (χ2n) is 8.90. The number of rotatable bonds is 2. The molecule has 3 aromatic rings. The highest BCUT2D eigenvalue weighted by molar-refractivity contribution is 5.76. The van der Waals surface area contributed by atoms with Crippen LogP contribution in [-0.2, 0) is 7.05 Å². The number of anilines is 1. The summed E-state index contributed by atoms with van der Waals surface area (Å²) in [6.45, 7) is 9.54. The molecule has 3 aromatic heterocycles. The first-order chi connectivity index (χ1) is 13.7. The van der Waals surface area contributed by atoms with E-state index in [4.69, 9.17) is 0 Å². The van der Waals surface area contributed by atoms with E-state index in [2.05, 4.69) is 54.9 Å². The van der Waals surface area contributed by atoms with Gasteiger partial charge in [-0.15, -0.1) is 0 Å². The number of carboxylic acid groups (broad SMARTS) is 1. The van der Waals surface area contributed by atoms with E-state index in [0.717, 1.165) is 22.3 Å². The molecule has 4 heterocycles. The van der Waals surface area contributed by atoms with Gasteiger partial charge in [0.25, 0.3) is 0 Å². The topological polar surface area (TPSA) is 78.9 Å². The normalized spacial score (nSPS) is 20.4. The van der Waals surface area contributed by atoms with Crippen LogP contribution in [0, 0.1) is 5.41 Å². The minimum absolute atomic E-state index is 0.0332. The summed E-state index contributed by atoms with van der Waals surface area (Å²) >= 11 is 0. The molecule has 154 valence electrons. The van der Waals surface area contributed by atoms with Crippen molar-refractivity contribution in [2.24, 2.45) is 12.5 Å². The average molecular weight is 396 g/mol. The second-order valence-corrected chi connectivity index (χ2v) is 8.90. The van der Waals surface area contributed by atoms with Gasteiger partial charge in [-0.05, 0) is 18.4 Å². The minimum atomic E-state index is -0.850. The summed E-state index contributed by atoms with van der Waals surface area (Å²) in [7, 11) is 1.90. The molecule has 1 aliphatic heterocycles. The monoisotopic (exact) mass is 396 g/mol. The number of aryl methyl sites for hydroxylation is 1. The van der Waals surface area contributed by atoms with Crippen molar-refractivity contribution >= 4 is 17.3 Å². The molecule has 4 rings (SSSR count). The van der Waals surface area contributed by atoms with Crippen LogP contribution >= 0.6 is 0 Å². The Labute approximate surface area is 170 Å². The summed E-state index contributed by atoms with van der Waals surface area (Å²) < 4.78 is 3.67. The van der Waals surface area contributed by atoms with Crippen molar-refractivity contribution in [1.29, 1.82) is 0 Å². The molecule has 8 heteroatoms. The second kappa shape index (κ2) is 6.79. The third-order valence-corrected chi connectivity index (χ3v) is 5.84. The fourth-order valence-electron chi connectivity index (χ4n) is 4.67. The molecule has 0 bridgehead atoms. The van der Waals surface area contributed by atoms with Gasteiger partial charge in [0.15, 0.2) is 0 Å². The predicted octanol–water partition coefficient (Wildman–Crippen LogP) is 3.34. The van der Waals surface area contributed by atoms with E-state index in [1.807, 2.05) is 36.4 Å². The van der Waals surface area contributed by atoms with E-state index in [1.165, 1.54) is 0 Å². The van der Waals surface area contributed by atoms with Crippen LogP contribution in [0.5, 0.6) is 0 Å². The van der Waals surface area contributed by atoms with E-state index < -0.39 is 6.09 Å². The van der Waals surface area contributed by atoms with E-state index in [9.17, 15) is 9.90 Å². The van der Waals surface area contributed by atoms with Crippen LogP contribution in [-0.4, -0.2) is 60.7 Å². The van der Waals surface area contributed by atoms with Gasteiger partial charge in [-0.2, -0.15) is 10.2 Å². The lowest BCUT2D eigenvalue weighted by Crippen LogP contribution is -2.64. The lowest BCUT2D eigenvalue weighted by molar-refractivity contribution is 0.0565. The molecule has 0 saturated carbocycles. The number of hydrogen-bond donors (Lipinski definition) is 1. The smallest absolute Gasteiger partial charge is 0.407 e. The Kier molecular flexibility index (Phi) is 4.52. The number of piperazine rings is 1. The summed E-state index contributed by atoms with van der Waals surface area (Å²) in [5.41, 5.74) is 3.97. The molecule has 1 aliphatic rings. The average Bonchev–Trinajstić information content (AvgIpc) is 3.26. The van der Waals surface area contributed by atoms with Crippen LogP contribution in [0.3, 0.4) is 0 Å². The predicted molar refractivity (Wildman–Crippen MR) is 112 cm³/mol. The number of amides is 1. The summed E-state index contributed by atoms with van der Waals surface area (Å²) in [5, 5.41) is 18.5. The van der Waals surface area contributed by atoms with Gasteiger partial charge < -0.3 is 14.9 Å². The molecule has 29 heavy (non-hydrogen) atoms. The van der Waals surface area contributed by atoms with Gasteiger partial charge in [0.05, 0.1) is 29.6 Å². The van der Waals surface area contributed by atoms with Gasteiger partial charge in [-0.3, -0.25) is 4.68 Å². The van der Waals surface area contributed by atoms with Crippen molar-refractivity contribution in [2.75, 3.05) is 18.0 Å². The maximum atomic E-state index is 11.8. The summed E-state index contributed by atoms with van der Waals surface area (Å²) in [5.74, 6) is 0. The molecular weight excluding hydrogens is 368 g/mol. The third kappa shape index (κ3) is 3.32. The maximum Gasteiger partial charge on any atom is 0.407 e. The standard InChI is InChI=1S/C21H28N6O2/c1-14-19(21(2,3)4)26(20(28)29)9-8-25(14)18-11-23-27-13-15(6-7-17(18)27)16-10-22-24(5)12-16/h6-7,10-14,19H,8-9H2,1-5H3,(H,28,29). The first-order valence-electron chi connectivity index (χ1n) is 9.89. The number of hydrogen-bond acceptors (Lipinski definition) is 4. The Hall–Kier alpha value is -3.03. The van der Waals surface area contributed by atoms with Crippen LogP contribution < -0.4 is 4.90 Å². The molecule has 2 unspecified atom stereocenters. The van der Waals surface area contributed by atoms with Crippen LogP contribution in [0.15, 0.2) is 36.9 Å². The molecule has 1 saturated heterocycles. The van der Waals surface area contributed by atoms with E-state index in [1.54, 1.807) is 9.58 Å². The molecule has 0 spiro atoms. The highest BCUT2D eigenvalue weighted by Gasteiger charge is 2.43. The number of pyridine rings is 1. The molecule has 0 radical (unpaired) electrons. The fraction of sp³-hybridized carbons (Fsp3) is 0.476. The first kappa shape index (κ1) is 19.3. The lowest BCUT2D eigenvalue weighted by atomic mass is 9.80. The fourth-order valence-corrected chi connectivity index (χ4v) is 4.67. The maximum absolute atomic E-state index is 11.8. The summed E-state index contributed by atoms with van der Waals surface area (Å²) in [4.78, 5) is 15.7. The third-order valence-electron chi connectivity index (χ3n) is 5.84. The summed E-state index contributed by atoms with van der Waals surface area (Å²) in [6, 6.07) is 4.08. The highest BCUT2D eigenvalue weighted by Crippen LogP contribution is 2.36. The zero-order chi connectivity index (χ0) is 20.9. The van der Waals surface area contributed by atoms with E-state index in [-0.39, 0.29) is 17.5 Å². The number of fused-ring (bicyclic) bond motifs is 1. The van der Waals surface area contributed by atoms with Gasteiger partial charge in [-0.1, -0.05) is 26.8 Å². The Bertz CT molecular complexity index is 1050. The van der Waals surface area contributed by atoms with Crippen LogP contribution in [0.25, 0.3) is 16.6 Å². The molecule has 0 aromatic carbocycles. The molecule has 8 nitrogen and oxygen atoms in total. The van der Waals surface area contributed by atoms with Crippen molar-refractivity contribution in [2.45, 2.75) is 39.8 Å². The Morgan fingerprint density at radius 1 is 1.10 bits per heavy atom.